The van der Waals surface area contributed by atoms with Crippen molar-refractivity contribution < 1.29 is 9.53 Å². The Kier molecular flexibility index (Phi) is 3.45. The number of fused-ring (bicyclic) bond motifs is 1. The smallest absolute Gasteiger partial charge is 0.409 e. The first-order valence-corrected chi connectivity index (χ1v) is 7.28. The Morgan fingerprint density at radius 3 is 2.86 bits per heavy atom. The maximum atomic E-state index is 11.8. The summed E-state index contributed by atoms with van der Waals surface area (Å²) in [6, 6.07) is 7.90. The molecule has 2 aliphatic rings. The molecule has 0 bridgehead atoms. The topological polar surface area (TPSA) is 80.0 Å². The molecule has 3 N–H and O–H groups in total. The van der Waals surface area contributed by atoms with Gasteiger partial charge in [-0.1, -0.05) is 12.1 Å². The number of rotatable bonds is 1. The second kappa shape index (κ2) is 5.27. The van der Waals surface area contributed by atoms with Crippen LogP contribution in [-0.4, -0.2) is 42.2 Å². The molecule has 2 heterocycles. The van der Waals surface area contributed by atoms with Crippen LogP contribution in [0.25, 0.3) is 0 Å². The summed E-state index contributed by atoms with van der Waals surface area (Å²) in [5.41, 5.74) is 7.65. The number of amidine groups is 1. The molecule has 6 heteroatoms. The monoisotopic (exact) mass is 288 g/mol. The second-order valence-corrected chi connectivity index (χ2v) is 5.39. The first kappa shape index (κ1) is 13.7. The third kappa shape index (κ3) is 2.53. The zero-order valence-corrected chi connectivity index (χ0v) is 12.1. The molecule has 1 aromatic carbocycles. The molecule has 0 radical (unpaired) electrons. The lowest BCUT2D eigenvalue weighted by atomic mass is 9.94. The zero-order chi connectivity index (χ0) is 14.9. The number of nitrogens with zero attached hydrogens (tertiary/aromatic N) is 2. The van der Waals surface area contributed by atoms with E-state index in [4.69, 9.17) is 10.5 Å². The number of piperidine rings is 1. The number of ether oxygens (including phenoxy) is 1. The number of para-hydroxylation sites is 1. The lowest BCUT2D eigenvalue weighted by molar-refractivity contribution is 0.0906. The van der Waals surface area contributed by atoms with Gasteiger partial charge in [0.2, 0.25) is 0 Å². The van der Waals surface area contributed by atoms with Gasteiger partial charge in [0, 0.05) is 37.2 Å². The fourth-order valence-corrected chi connectivity index (χ4v) is 2.90. The van der Waals surface area contributed by atoms with Gasteiger partial charge in [-0.05, 0) is 19.1 Å². The average Bonchev–Trinajstić information content (AvgIpc) is 2.48. The summed E-state index contributed by atoms with van der Waals surface area (Å²) in [7, 11) is 0. The van der Waals surface area contributed by atoms with Crippen LogP contribution in [0.2, 0.25) is 0 Å². The van der Waals surface area contributed by atoms with Gasteiger partial charge in [0.15, 0.2) is 0 Å². The molecule has 6 nitrogen and oxygen atoms in total. The van der Waals surface area contributed by atoms with E-state index in [-0.39, 0.29) is 6.09 Å². The van der Waals surface area contributed by atoms with Crippen molar-refractivity contribution in [3.8, 4) is 0 Å². The van der Waals surface area contributed by atoms with E-state index >= 15 is 0 Å². The highest BCUT2D eigenvalue weighted by Crippen LogP contribution is 2.33. The number of aliphatic imine (C=N–C) groups is 1. The highest BCUT2D eigenvalue weighted by molar-refractivity contribution is 6.04. The van der Waals surface area contributed by atoms with E-state index in [0.29, 0.717) is 25.5 Å². The molecule has 0 aliphatic carbocycles. The molecular weight excluding hydrogens is 268 g/mol. The third-order valence-corrected chi connectivity index (χ3v) is 4.02. The molecule has 1 saturated heterocycles. The molecule has 1 spiro atoms. The van der Waals surface area contributed by atoms with Gasteiger partial charge in [0.25, 0.3) is 0 Å². The number of hydrogen-bond donors (Lipinski definition) is 2. The molecule has 0 aromatic heterocycles. The van der Waals surface area contributed by atoms with Gasteiger partial charge in [-0.25, -0.2) is 9.79 Å². The van der Waals surface area contributed by atoms with Crippen molar-refractivity contribution in [2.24, 2.45) is 10.7 Å². The lowest BCUT2D eigenvalue weighted by Crippen LogP contribution is -2.52. The molecule has 112 valence electrons. The van der Waals surface area contributed by atoms with Crippen LogP contribution in [0.1, 0.15) is 25.3 Å². The number of carbonyl (C=O) groups excluding carboxylic acids is 1. The Balaban J connectivity index is 1.75. The van der Waals surface area contributed by atoms with Crippen molar-refractivity contribution in [1.82, 2.24) is 4.90 Å². The van der Waals surface area contributed by atoms with Crippen molar-refractivity contribution in [3.63, 3.8) is 0 Å². The van der Waals surface area contributed by atoms with E-state index in [1.54, 1.807) is 4.90 Å². The SMILES string of the molecule is CCOC(=O)N1CCC2(CC1)N=C(N)c1ccccc1N2. The first-order valence-electron chi connectivity index (χ1n) is 7.28. The molecule has 3 rings (SSSR count). The Labute approximate surface area is 124 Å². The highest BCUT2D eigenvalue weighted by Gasteiger charge is 2.38. The van der Waals surface area contributed by atoms with Gasteiger partial charge in [0.05, 0.1) is 6.61 Å². The summed E-state index contributed by atoms with van der Waals surface area (Å²) in [5.74, 6) is 0.564. The number of anilines is 1. The van der Waals surface area contributed by atoms with Gasteiger partial charge >= 0.3 is 6.09 Å². The number of benzene rings is 1. The summed E-state index contributed by atoms with van der Waals surface area (Å²) in [4.78, 5) is 18.1. The third-order valence-electron chi connectivity index (χ3n) is 4.02. The second-order valence-electron chi connectivity index (χ2n) is 5.39. The highest BCUT2D eigenvalue weighted by atomic mass is 16.6. The number of amides is 1. The largest absolute Gasteiger partial charge is 0.450 e. The molecule has 0 unspecified atom stereocenters. The Morgan fingerprint density at radius 2 is 2.14 bits per heavy atom. The molecule has 21 heavy (non-hydrogen) atoms. The summed E-state index contributed by atoms with van der Waals surface area (Å²) in [6.07, 6.45) is 1.20. The minimum atomic E-state index is -0.401. The molecular formula is C15H20N4O2. The number of nitrogens with one attached hydrogen (secondary N) is 1. The minimum Gasteiger partial charge on any atom is -0.450 e. The Morgan fingerprint density at radius 1 is 1.43 bits per heavy atom. The van der Waals surface area contributed by atoms with E-state index in [2.05, 4.69) is 10.3 Å². The summed E-state index contributed by atoms with van der Waals surface area (Å²) in [5, 5.41) is 3.49. The molecule has 0 saturated carbocycles. The fourth-order valence-electron chi connectivity index (χ4n) is 2.90. The van der Waals surface area contributed by atoms with Gasteiger partial charge in [0.1, 0.15) is 11.5 Å². The number of nitrogens with two attached hydrogens (primary N) is 1. The van der Waals surface area contributed by atoms with Crippen molar-refractivity contribution >= 4 is 17.6 Å². The predicted octanol–water partition coefficient (Wildman–Crippen LogP) is 1.77. The van der Waals surface area contributed by atoms with Crippen LogP contribution >= 0.6 is 0 Å². The molecule has 1 amide bonds. The standard InChI is InChI=1S/C15H20N4O2/c1-2-21-14(20)19-9-7-15(8-10-19)17-12-6-4-3-5-11(12)13(16)18-15/h3-6,17H,2,7-10H2,1H3,(H2,16,18). The number of carbonyl (C=O) groups is 1. The molecule has 1 aromatic rings. The fraction of sp³-hybridized carbons (Fsp3) is 0.467. The molecule has 1 fully saturated rings. The van der Waals surface area contributed by atoms with Crippen molar-refractivity contribution in [1.29, 1.82) is 0 Å². The van der Waals surface area contributed by atoms with Gasteiger partial charge in [-0.15, -0.1) is 0 Å². The first-order chi connectivity index (χ1) is 10.1. The van der Waals surface area contributed by atoms with Crippen LogP contribution in [0.3, 0.4) is 0 Å². The maximum Gasteiger partial charge on any atom is 0.409 e. The summed E-state index contributed by atoms with van der Waals surface area (Å²) >= 11 is 0. The summed E-state index contributed by atoms with van der Waals surface area (Å²) in [6.45, 7) is 3.45. The van der Waals surface area contributed by atoms with Gasteiger partial charge in [-0.2, -0.15) is 0 Å². The van der Waals surface area contributed by atoms with Crippen molar-refractivity contribution in [3.05, 3.63) is 29.8 Å². The van der Waals surface area contributed by atoms with Gasteiger partial charge in [-0.3, -0.25) is 0 Å². The number of likely N-dealkylation sites (tertiary alicyclic amines) is 1. The average molecular weight is 288 g/mol. The predicted molar refractivity (Wildman–Crippen MR) is 81.3 cm³/mol. The van der Waals surface area contributed by atoms with E-state index in [0.717, 1.165) is 24.1 Å². The zero-order valence-electron chi connectivity index (χ0n) is 12.1. The van der Waals surface area contributed by atoms with Crippen molar-refractivity contribution in [2.45, 2.75) is 25.4 Å². The van der Waals surface area contributed by atoms with E-state index in [1.165, 1.54) is 0 Å². The van der Waals surface area contributed by atoms with Crippen LogP contribution in [0.15, 0.2) is 29.3 Å². The maximum absolute atomic E-state index is 11.8. The van der Waals surface area contributed by atoms with E-state index in [1.807, 2.05) is 31.2 Å². The Hall–Kier alpha value is -2.24. The van der Waals surface area contributed by atoms with Gasteiger partial charge < -0.3 is 20.7 Å². The summed E-state index contributed by atoms with van der Waals surface area (Å²) < 4.78 is 5.04. The van der Waals surface area contributed by atoms with E-state index in [9.17, 15) is 4.79 Å². The van der Waals surface area contributed by atoms with E-state index < -0.39 is 5.66 Å². The quantitative estimate of drug-likeness (QED) is 0.825. The Bertz CT molecular complexity index is 577. The van der Waals surface area contributed by atoms with Crippen LogP contribution in [-0.2, 0) is 4.74 Å². The van der Waals surface area contributed by atoms with Crippen LogP contribution in [0, 0.1) is 0 Å². The van der Waals surface area contributed by atoms with Crippen LogP contribution in [0.4, 0.5) is 10.5 Å². The normalized spacial score (nSPS) is 19.5. The number of hydrogen-bond acceptors (Lipinski definition) is 5. The molecule has 0 atom stereocenters. The van der Waals surface area contributed by atoms with Crippen LogP contribution < -0.4 is 11.1 Å². The van der Waals surface area contributed by atoms with Crippen LogP contribution in [0.5, 0.6) is 0 Å². The molecule has 2 aliphatic heterocycles. The lowest BCUT2D eigenvalue weighted by Gasteiger charge is -2.42. The van der Waals surface area contributed by atoms with Crippen molar-refractivity contribution in [2.75, 3.05) is 25.0 Å². The minimum absolute atomic E-state index is 0.250.